The topological polar surface area (TPSA) is 63.5 Å². The molecule has 0 bridgehead atoms. The summed E-state index contributed by atoms with van der Waals surface area (Å²) < 4.78 is 0. The van der Waals surface area contributed by atoms with E-state index in [0.29, 0.717) is 5.02 Å². The Morgan fingerprint density at radius 2 is 1.91 bits per heavy atom. The van der Waals surface area contributed by atoms with Crippen molar-refractivity contribution in [3.8, 4) is 0 Å². The number of non-ortho nitro benzene ring substituents is 1. The van der Waals surface area contributed by atoms with E-state index in [1.54, 1.807) is 36.2 Å². The van der Waals surface area contributed by atoms with Gasteiger partial charge in [-0.05, 0) is 30.2 Å². The minimum absolute atomic E-state index is 0.0212. The normalized spacial score (nSPS) is 11.8. The quantitative estimate of drug-likeness (QED) is 0.614. The van der Waals surface area contributed by atoms with Gasteiger partial charge in [-0.1, -0.05) is 35.9 Å². The summed E-state index contributed by atoms with van der Waals surface area (Å²) in [6, 6.07) is 13.2. The lowest BCUT2D eigenvalue weighted by molar-refractivity contribution is -0.384. The van der Waals surface area contributed by atoms with Crippen molar-refractivity contribution >= 4 is 23.2 Å². The van der Waals surface area contributed by atoms with E-state index in [2.05, 4.69) is 0 Å². The molecular weight excluding hydrogens is 316 g/mol. The van der Waals surface area contributed by atoms with Gasteiger partial charge in [0.1, 0.15) is 0 Å². The Kier molecular flexibility index (Phi) is 5.34. The van der Waals surface area contributed by atoms with Crippen molar-refractivity contribution in [1.82, 2.24) is 4.90 Å². The van der Waals surface area contributed by atoms with E-state index in [9.17, 15) is 14.9 Å². The van der Waals surface area contributed by atoms with Crippen LogP contribution in [0.1, 0.15) is 24.1 Å². The predicted octanol–water partition coefficient (Wildman–Crippen LogP) is 4.01. The standard InChI is InChI=1S/C17H17ClN2O3/c1-12(14-4-3-5-16(11-14)20(22)23)19(2)17(21)10-13-6-8-15(18)9-7-13/h3-9,11-12H,10H2,1-2H3/t12-/m0/s1. The molecule has 0 N–H and O–H groups in total. The smallest absolute Gasteiger partial charge is 0.269 e. The first kappa shape index (κ1) is 17.0. The van der Waals surface area contributed by atoms with Crippen molar-refractivity contribution in [3.63, 3.8) is 0 Å². The largest absolute Gasteiger partial charge is 0.339 e. The molecule has 0 aromatic heterocycles. The van der Waals surface area contributed by atoms with Gasteiger partial charge >= 0.3 is 0 Å². The molecule has 120 valence electrons. The van der Waals surface area contributed by atoms with E-state index in [1.807, 2.05) is 19.1 Å². The number of carbonyl (C=O) groups is 1. The van der Waals surface area contributed by atoms with Crippen molar-refractivity contribution in [1.29, 1.82) is 0 Å². The SMILES string of the molecule is C[C@@H](c1cccc([N+](=O)[O-])c1)N(C)C(=O)Cc1ccc(Cl)cc1. The Labute approximate surface area is 139 Å². The van der Waals surface area contributed by atoms with E-state index in [0.717, 1.165) is 11.1 Å². The van der Waals surface area contributed by atoms with Gasteiger partial charge in [-0.2, -0.15) is 0 Å². The summed E-state index contributed by atoms with van der Waals surface area (Å²) in [7, 11) is 1.70. The van der Waals surface area contributed by atoms with Crippen molar-refractivity contribution in [3.05, 3.63) is 74.8 Å². The highest BCUT2D eigenvalue weighted by Crippen LogP contribution is 2.23. The van der Waals surface area contributed by atoms with Crippen molar-refractivity contribution in [2.24, 2.45) is 0 Å². The lowest BCUT2D eigenvalue weighted by Crippen LogP contribution is -2.31. The lowest BCUT2D eigenvalue weighted by Gasteiger charge is -2.25. The number of carbonyl (C=O) groups excluding carboxylic acids is 1. The summed E-state index contributed by atoms with van der Waals surface area (Å²) in [5, 5.41) is 11.5. The Bertz CT molecular complexity index is 716. The number of nitrogens with zero attached hydrogens (tertiary/aromatic N) is 2. The molecular formula is C17H17ClN2O3. The Morgan fingerprint density at radius 3 is 2.52 bits per heavy atom. The summed E-state index contributed by atoms with van der Waals surface area (Å²) in [6.07, 6.45) is 0.257. The zero-order valence-electron chi connectivity index (χ0n) is 12.9. The molecule has 1 atom stereocenters. The van der Waals surface area contributed by atoms with Gasteiger partial charge in [0.05, 0.1) is 17.4 Å². The molecule has 0 saturated heterocycles. The molecule has 0 heterocycles. The van der Waals surface area contributed by atoms with E-state index < -0.39 is 4.92 Å². The molecule has 0 aliphatic rings. The zero-order chi connectivity index (χ0) is 17.0. The number of hydrogen-bond donors (Lipinski definition) is 0. The second-order valence-corrected chi connectivity index (χ2v) is 5.77. The van der Waals surface area contributed by atoms with E-state index in [-0.39, 0.29) is 24.1 Å². The van der Waals surface area contributed by atoms with Gasteiger partial charge in [-0.25, -0.2) is 0 Å². The Hall–Kier alpha value is -2.40. The fraction of sp³-hybridized carbons (Fsp3) is 0.235. The van der Waals surface area contributed by atoms with Crippen LogP contribution in [0.2, 0.25) is 5.02 Å². The third kappa shape index (κ3) is 4.29. The average Bonchev–Trinajstić information content (AvgIpc) is 2.55. The minimum Gasteiger partial charge on any atom is -0.339 e. The highest BCUT2D eigenvalue weighted by Gasteiger charge is 2.19. The lowest BCUT2D eigenvalue weighted by atomic mass is 10.1. The zero-order valence-corrected chi connectivity index (χ0v) is 13.7. The molecule has 0 unspecified atom stereocenters. The number of amides is 1. The van der Waals surface area contributed by atoms with Crippen LogP contribution in [0, 0.1) is 10.1 Å². The van der Waals surface area contributed by atoms with Crippen LogP contribution >= 0.6 is 11.6 Å². The van der Waals surface area contributed by atoms with Crippen molar-refractivity contribution in [2.45, 2.75) is 19.4 Å². The second-order valence-electron chi connectivity index (χ2n) is 5.34. The predicted molar refractivity (Wildman–Crippen MR) is 89.4 cm³/mol. The minimum atomic E-state index is -0.439. The van der Waals surface area contributed by atoms with E-state index >= 15 is 0 Å². The fourth-order valence-corrected chi connectivity index (χ4v) is 2.37. The van der Waals surface area contributed by atoms with Gasteiger partial charge in [0.15, 0.2) is 0 Å². The number of rotatable bonds is 5. The van der Waals surface area contributed by atoms with Crippen molar-refractivity contribution < 1.29 is 9.72 Å². The van der Waals surface area contributed by atoms with Crippen LogP contribution in [0.3, 0.4) is 0 Å². The summed E-state index contributed by atoms with van der Waals surface area (Å²) in [5.41, 5.74) is 1.62. The molecule has 2 aromatic carbocycles. The van der Waals surface area contributed by atoms with Gasteiger partial charge in [0, 0.05) is 24.2 Å². The van der Waals surface area contributed by atoms with Gasteiger partial charge in [0.25, 0.3) is 5.69 Å². The van der Waals surface area contributed by atoms with Gasteiger partial charge in [0.2, 0.25) is 5.91 Å². The Morgan fingerprint density at radius 1 is 1.26 bits per heavy atom. The maximum absolute atomic E-state index is 12.4. The van der Waals surface area contributed by atoms with E-state index in [4.69, 9.17) is 11.6 Å². The number of nitro groups is 1. The number of nitro benzene ring substituents is 1. The van der Waals surface area contributed by atoms with Crippen molar-refractivity contribution in [2.75, 3.05) is 7.05 Å². The average molecular weight is 333 g/mol. The summed E-state index contributed by atoms with van der Waals surface area (Å²) in [4.78, 5) is 24.4. The summed E-state index contributed by atoms with van der Waals surface area (Å²) >= 11 is 5.83. The first-order valence-electron chi connectivity index (χ1n) is 7.13. The number of benzene rings is 2. The van der Waals surface area contributed by atoms with E-state index in [1.165, 1.54) is 12.1 Å². The molecule has 6 heteroatoms. The molecule has 2 rings (SSSR count). The fourth-order valence-electron chi connectivity index (χ4n) is 2.24. The second kappa shape index (κ2) is 7.24. The first-order valence-corrected chi connectivity index (χ1v) is 7.50. The van der Waals surface area contributed by atoms with Crippen LogP contribution in [0.15, 0.2) is 48.5 Å². The van der Waals surface area contributed by atoms with Crippen LogP contribution in [0.5, 0.6) is 0 Å². The van der Waals surface area contributed by atoms with Crippen LogP contribution < -0.4 is 0 Å². The van der Waals surface area contributed by atoms with Crippen LogP contribution in [0.4, 0.5) is 5.69 Å². The Balaban J connectivity index is 2.10. The monoisotopic (exact) mass is 332 g/mol. The van der Waals surface area contributed by atoms with Crippen LogP contribution in [0.25, 0.3) is 0 Å². The molecule has 0 spiro atoms. The van der Waals surface area contributed by atoms with Gasteiger partial charge < -0.3 is 4.90 Å². The number of hydrogen-bond acceptors (Lipinski definition) is 3. The third-order valence-electron chi connectivity index (χ3n) is 3.81. The maximum Gasteiger partial charge on any atom is 0.269 e. The molecule has 2 aromatic rings. The molecule has 0 radical (unpaired) electrons. The molecule has 0 aliphatic carbocycles. The third-order valence-corrected chi connectivity index (χ3v) is 4.06. The maximum atomic E-state index is 12.4. The number of halogens is 1. The highest BCUT2D eigenvalue weighted by molar-refractivity contribution is 6.30. The molecule has 0 aliphatic heterocycles. The van der Waals surface area contributed by atoms with Gasteiger partial charge in [-0.3, -0.25) is 14.9 Å². The molecule has 0 fully saturated rings. The first-order chi connectivity index (χ1) is 10.9. The summed E-state index contributed by atoms with van der Waals surface area (Å²) in [5.74, 6) is -0.0636. The van der Waals surface area contributed by atoms with Crippen LogP contribution in [-0.4, -0.2) is 22.8 Å². The molecule has 0 saturated carbocycles. The highest BCUT2D eigenvalue weighted by atomic mass is 35.5. The molecule has 5 nitrogen and oxygen atoms in total. The van der Waals surface area contributed by atoms with Crippen LogP contribution in [-0.2, 0) is 11.2 Å². The summed E-state index contributed by atoms with van der Waals surface area (Å²) in [6.45, 7) is 1.85. The van der Waals surface area contributed by atoms with Gasteiger partial charge in [-0.15, -0.1) is 0 Å². The molecule has 23 heavy (non-hydrogen) atoms. The molecule has 1 amide bonds. The number of likely N-dealkylation sites (N-methyl/N-ethyl adjacent to an activating group) is 1.